The van der Waals surface area contributed by atoms with Gasteiger partial charge in [0.15, 0.2) is 0 Å². The van der Waals surface area contributed by atoms with Gasteiger partial charge in [-0.25, -0.2) is 0 Å². The number of nitrogens with one attached hydrogen (secondary N) is 2. The third-order valence-electron chi connectivity index (χ3n) is 4.35. The summed E-state index contributed by atoms with van der Waals surface area (Å²) in [7, 11) is 0. The predicted molar refractivity (Wildman–Crippen MR) is 111 cm³/mol. The number of benzene rings is 3. The number of rotatable bonds is 7. The fraction of sp³-hybridized carbons (Fsp3) is 0.130. The summed E-state index contributed by atoms with van der Waals surface area (Å²) in [4.78, 5) is 22.5. The Morgan fingerprint density at radius 2 is 1.39 bits per heavy atom. The molecular weight excluding hydrogens is 352 g/mol. The zero-order valence-electron chi connectivity index (χ0n) is 15.6. The van der Waals surface area contributed by atoms with Crippen LogP contribution < -0.4 is 10.6 Å². The van der Waals surface area contributed by atoms with Gasteiger partial charge in [-0.15, -0.1) is 0 Å². The second-order valence-corrected chi connectivity index (χ2v) is 6.54. The van der Waals surface area contributed by atoms with Crippen LogP contribution in [0.4, 0.5) is 11.4 Å². The molecule has 0 aliphatic heterocycles. The molecule has 1 amide bonds. The molecular formula is C23H22N2O3. The molecule has 0 aliphatic carbocycles. The number of carboxylic acids is 1. The molecule has 0 saturated carbocycles. The van der Waals surface area contributed by atoms with Gasteiger partial charge >= 0.3 is 5.97 Å². The van der Waals surface area contributed by atoms with Crippen LogP contribution >= 0.6 is 0 Å². The van der Waals surface area contributed by atoms with Crippen molar-refractivity contribution < 1.29 is 14.7 Å². The Hall–Kier alpha value is -3.60. The van der Waals surface area contributed by atoms with E-state index in [1.807, 2.05) is 66.7 Å². The number of hydrogen-bond acceptors (Lipinski definition) is 3. The maximum atomic E-state index is 11.3. The molecule has 1 atom stereocenters. The van der Waals surface area contributed by atoms with Crippen LogP contribution in [0.2, 0.25) is 0 Å². The Morgan fingerprint density at radius 1 is 0.821 bits per heavy atom. The van der Waals surface area contributed by atoms with E-state index in [9.17, 15) is 14.7 Å². The molecule has 0 radical (unpaired) electrons. The number of aliphatic carboxylic acids is 1. The molecule has 28 heavy (non-hydrogen) atoms. The van der Waals surface area contributed by atoms with Gasteiger partial charge in [-0.2, -0.15) is 0 Å². The molecule has 0 saturated heterocycles. The Bertz CT molecular complexity index is 936. The van der Waals surface area contributed by atoms with Crippen LogP contribution in [-0.2, 0) is 9.59 Å². The van der Waals surface area contributed by atoms with Crippen LogP contribution in [0.1, 0.15) is 24.9 Å². The monoisotopic (exact) mass is 374 g/mol. The first-order valence-electron chi connectivity index (χ1n) is 9.02. The molecule has 0 fully saturated rings. The highest BCUT2D eigenvalue weighted by Crippen LogP contribution is 2.27. The third-order valence-corrected chi connectivity index (χ3v) is 4.35. The van der Waals surface area contributed by atoms with E-state index in [1.165, 1.54) is 6.92 Å². The molecule has 142 valence electrons. The molecule has 0 aromatic heterocycles. The van der Waals surface area contributed by atoms with Gasteiger partial charge in [-0.3, -0.25) is 9.59 Å². The van der Waals surface area contributed by atoms with Gasteiger partial charge in [0.1, 0.15) is 0 Å². The minimum atomic E-state index is -0.875. The fourth-order valence-corrected chi connectivity index (χ4v) is 3.02. The Balaban J connectivity index is 1.78. The van der Waals surface area contributed by atoms with Crippen LogP contribution in [0.3, 0.4) is 0 Å². The summed E-state index contributed by atoms with van der Waals surface area (Å²) in [5, 5.41) is 15.3. The molecule has 0 bridgehead atoms. The van der Waals surface area contributed by atoms with E-state index in [0.29, 0.717) is 5.69 Å². The molecule has 5 heteroatoms. The summed E-state index contributed by atoms with van der Waals surface area (Å²) in [5.74, 6) is -1.01. The normalized spacial score (nSPS) is 11.5. The summed E-state index contributed by atoms with van der Waals surface area (Å²) < 4.78 is 0. The van der Waals surface area contributed by atoms with Crippen LogP contribution in [0, 0.1) is 0 Å². The fourth-order valence-electron chi connectivity index (χ4n) is 3.02. The summed E-state index contributed by atoms with van der Waals surface area (Å²) in [6.07, 6.45) is -0.0435. The average Bonchev–Trinajstić information content (AvgIpc) is 2.69. The van der Waals surface area contributed by atoms with E-state index in [2.05, 4.69) is 10.6 Å². The quantitative estimate of drug-likeness (QED) is 0.547. The second-order valence-electron chi connectivity index (χ2n) is 6.54. The van der Waals surface area contributed by atoms with E-state index in [4.69, 9.17) is 0 Å². The largest absolute Gasteiger partial charge is 0.481 e. The van der Waals surface area contributed by atoms with Gasteiger partial charge in [-0.05, 0) is 41.0 Å². The van der Waals surface area contributed by atoms with Gasteiger partial charge in [0.25, 0.3) is 0 Å². The first kappa shape index (κ1) is 19.2. The maximum Gasteiger partial charge on any atom is 0.305 e. The van der Waals surface area contributed by atoms with E-state index < -0.39 is 5.97 Å². The lowest BCUT2D eigenvalue weighted by Gasteiger charge is -2.19. The molecule has 0 heterocycles. The number of carbonyl (C=O) groups is 2. The summed E-state index contributed by atoms with van der Waals surface area (Å²) >= 11 is 0. The van der Waals surface area contributed by atoms with Crippen molar-refractivity contribution in [1.82, 2.24) is 0 Å². The average molecular weight is 374 g/mol. The van der Waals surface area contributed by atoms with Crippen molar-refractivity contribution in [3.8, 4) is 11.1 Å². The second kappa shape index (κ2) is 8.86. The number of hydrogen-bond donors (Lipinski definition) is 3. The van der Waals surface area contributed by atoms with Crippen molar-refractivity contribution in [2.45, 2.75) is 19.4 Å². The topological polar surface area (TPSA) is 78.4 Å². The van der Waals surface area contributed by atoms with E-state index in [1.54, 1.807) is 12.1 Å². The molecule has 1 unspecified atom stereocenters. The van der Waals surface area contributed by atoms with Crippen molar-refractivity contribution >= 4 is 23.3 Å². The highest BCUT2D eigenvalue weighted by Gasteiger charge is 2.16. The molecule has 0 aliphatic rings. The Morgan fingerprint density at radius 3 is 1.96 bits per heavy atom. The van der Waals surface area contributed by atoms with Crippen LogP contribution in [0.15, 0.2) is 78.9 Å². The Kier molecular flexibility index (Phi) is 6.07. The summed E-state index contributed by atoms with van der Waals surface area (Å²) in [5.41, 5.74) is 4.57. The Labute approximate surface area is 164 Å². The number of carbonyl (C=O) groups excluding carboxylic acids is 1. The number of carboxylic acid groups (broad SMARTS) is 1. The maximum absolute atomic E-state index is 11.3. The van der Waals surface area contributed by atoms with Gasteiger partial charge in [0.2, 0.25) is 5.91 Å². The van der Waals surface area contributed by atoms with E-state index in [-0.39, 0.29) is 18.4 Å². The van der Waals surface area contributed by atoms with Gasteiger partial charge in [0.05, 0.1) is 12.5 Å². The SMILES string of the molecule is CC(=O)Nc1ccc(NC(CC(=O)O)c2ccc(-c3ccccc3)cc2)cc1. The van der Waals surface area contributed by atoms with Crippen molar-refractivity contribution in [1.29, 1.82) is 0 Å². The lowest BCUT2D eigenvalue weighted by Crippen LogP contribution is -2.15. The first-order valence-corrected chi connectivity index (χ1v) is 9.02. The van der Waals surface area contributed by atoms with E-state index >= 15 is 0 Å². The summed E-state index contributed by atoms with van der Waals surface area (Å²) in [6, 6.07) is 24.8. The third kappa shape index (κ3) is 5.20. The molecule has 3 aromatic carbocycles. The van der Waals surface area contributed by atoms with Crippen LogP contribution in [0.5, 0.6) is 0 Å². The van der Waals surface area contributed by atoms with E-state index in [0.717, 1.165) is 22.4 Å². The smallest absolute Gasteiger partial charge is 0.305 e. The predicted octanol–water partition coefficient (Wildman–Crippen LogP) is 4.94. The lowest BCUT2D eigenvalue weighted by atomic mass is 9.99. The zero-order chi connectivity index (χ0) is 19.9. The molecule has 0 spiro atoms. The van der Waals surface area contributed by atoms with Gasteiger partial charge in [-0.1, -0.05) is 54.6 Å². The van der Waals surface area contributed by atoms with Gasteiger partial charge in [0, 0.05) is 18.3 Å². The van der Waals surface area contributed by atoms with Crippen molar-refractivity contribution in [2.75, 3.05) is 10.6 Å². The number of amides is 1. The zero-order valence-corrected chi connectivity index (χ0v) is 15.6. The molecule has 3 rings (SSSR count). The highest BCUT2D eigenvalue weighted by atomic mass is 16.4. The first-order chi connectivity index (χ1) is 13.5. The summed E-state index contributed by atoms with van der Waals surface area (Å²) in [6.45, 7) is 1.45. The molecule has 3 aromatic rings. The lowest BCUT2D eigenvalue weighted by molar-refractivity contribution is -0.137. The minimum absolute atomic E-state index is 0.0435. The number of anilines is 2. The molecule has 3 N–H and O–H groups in total. The van der Waals surface area contributed by atoms with Gasteiger partial charge < -0.3 is 15.7 Å². The van der Waals surface area contributed by atoms with Crippen molar-refractivity contribution in [3.05, 3.63) is 84.4 Å². The minimum Gasteiger partial charge on any atom is -0.481 e. The van der Waals surface area contributed by atoms with Crippen LogP contribution in [-0.4, -0.2) is 17.0 Å². The highest BCUT2D eigenvalue weighted by molar-refractivity contribution is 5.88. The van der Waals surface area contributed by atoms with Crippen molar-refractivity contribution in [2.24, 2.45) is 0 Å². The van der Waals surface area contributed by atoms with Crippen molar-refractivity contribution in [3.63, 3.8) is 0 Å². The van der Waals surface area contributed by atoms with Crippen LogP contribution in [0.25, 0.3) is 11.1 Å². The standard InChI is InChI=1S/C23H22N2O3/c1-16(26)24-20-11-13-21(14-12-20)25-22(15-23(27)28)19-9-7-18(8-10-19)17-5-3-2-4-6-17/h2-14,22,25H,15H2,1H3,(H,24,26)(H,27,28). The molecule has 5 nitrogen and oxygen atoms in total.